The maximum atomic E-state index is 12.4. The van der Waals surface area contributed by atoms with Gasteiger partial charge in [-0.05, 0) is 34.6 Å². The van der Waals surface area contributed by atoms with Crippen molar-refractivity contribution in [3.63, 3.8) is 0 Å². The maximum Gasteiger partial charge on any atom is 0.342 e. The Hall–Kier alpha value is -0.380. The molecule has 0 radical (unpaired) electrons. The summed E-state index contributed by atoms with van der Waals surface area (Å²) in [7, 11) is -3.34. The van der Waals surface area contributed by atoms with Crippen LogP contribution in [0.25, 0.3) is 0 Å². The van der Waals surface area contributed by atoms with Gasteiger partial charge in [0.1, 0.15) is 5.66 Å². The number of nitrogens with zero attached hydrogens (tertiary/aromatic N) is 1. The molecule has 0 aromatic carbocycles. The Balaban J connectivity index is 4.88. The van der Waals surface area contributed by atoms with Gasteiger partial charge in [0.15, 0.2) is 0 Å². The first-order valence-electron chi connectivity index (χ1n) is 6.14. The van der Waals surface area contributed by atoms with Gasteiger partial charge in [-0.2, -0.15) is 0 Å². The molecule has 17 heavy (non-hydrogen) atoms. The van der Waals surface area contributed by atoms with Gasteiger partial charge in [0.05, 0.1) is 13.2 Å². The van der Waals surface area contributed by atoms with Crippen LogP contribution in [-0.2, 0) is 18.4 Å². The van der Waals surface area contributed by atoms with E-state index in [9.17, 15) is 9.36 Å². The van der Waals surface area contributed by atoms with Gasteiger partial charge in [0.2, 0.25) is 5.91 Å². The van der Waals surface area contributed by atoms with E-state index < -0.39 is 13.3 Å². The summed E-state index contributed by atoms with van der Waals surface area (Å²) in [5, 5.41) is 0. The van der Waals surface area contributed by atoms with Crippen molar-refractivity contribution < 1.29 is 18.4 Å². The zero-order valence-electron chi connectivity index (χ0n) is 11.4. The highest BCUT2D eigenvalue weighted by Crippen LogP contribution is 2.53. The molecular formula is C11H24NO4P. The lowest BCUT2D eigenvalue weighted by molar-refractivity contribution is -0.130. The van der Waals surface area contributed by atoms with Crippen molar-refractivity contribution >= 4 is 13.5 Å². The van der Waals surface area contributed by atoms with Crippen LogP contribution in [0.1, 0.15) is 34.6 Å². The minimum absolute atomic E-state index is 0.180. The van der Waals surface area contributed by atoms with Crippen molar-refractivity contribution in [2.24, 2.45) is 0 Å². The van der Waals surface area contributed by atoms with Crippen LogP contribution in [0.4, 0.5) is 0 Å². The number of hydrogen-bond donors (Lipinski definition) is 0. The number of hydrogen-bond acceptors (Lipinski definition) is 4. The highest BCUT2D eigenvalue weighted by molar-refractivity contribution is 7.55. The van der Waals surface area contributed by atoms with Crippen LogP contribution >= 0.6 is 7.60 Å². The van der Waals surface area contributed by atoms with Crippen molar-refractivity contribution in [2.75, 3.05) is 26.3 Å². The van der Waals surface area contributed by atoms with Gasteiger partial charge in [-0.15, -0.1) is 0 Å². The molecule has 0 aliphatic carbocycles. The molecule has 102 valence electrons. The Morgan fingerprint density at radius 2 is 1.53 bits per heavy atom. The van der Waals surface area contributed by atoms with E-state index in [1.807, 2.05) is 13.8 Å². The van der Waals surface area contributed by atoms with Gasteiger partial charge in [-0.3, -0.25) is 9.36 Å². The lowest BCUT2D eigenvalue weighted by Gasteiger charge is -2.27. The molecule has 0 aromatic heterocycles. The average Bonchev–Trinajstić information content (AvgIpc) is 2.30. The Morgan fingerprint density at radius 3 is 1.82 bits per heavy atom. The molecule has 0 bridgehead atoms. The third-order valence-electron chi connectivity index (χ3n) is 2.52. The smallest absolute Gasteiger partial charge is 0.342 e. The fourth-order valence-corrected chi connectivity index (χ4v) is 3.23. The van der Waals surface area contributed by atoms with E-state index in [2.05, 4.69) is 0 Å². The summed E-state index contributed by atoms with van der Waals surface area (Å²) in [5.74, 6) is -0.180. The second-order valence-corrected chi connectivity index (χ2v) is 5.93. The summed E-state index contributed by atoms with van der Waals surface area (Å²) in [6.45, 7) is 10.6. The third kappa shape index (κ3) is 4.41. The van der Waals surface area contributed by atoms with Crippen LogP contribution < -0.4 is 0 Å². The standard InChI is InChI=1S/C11H24NO4P/c1-6-12(7-2)11(13)10(5)17(14,15-8-3)16-9-4/h10H,6-9H2,1-5H3. The maximum absolute atomic E-state index is 12.4. The van der Waals surface area contributed by atoms with Gasteiger partial charge < -0.3 is 13.9 Å². The molecule has 0 aliphatic rings. The van der Waals surface area contributed by atoms with Gasteiger partial charge in [0, 0.05) is 13.1 Å². The fourth-order valence-electron chi connectivity index (χ4n) is 1.56. The van der Waals surface area contributed by atoms with Gasteiger partial charge in [-0.25, -0.2) is 0 Å². The summed E-state index contributed by atoms with van der Waals surface area (Å²) < 4.78 is 22.8. The average molecular weight is 265 g/mol. The van der Waals surface area contributed by atoms with Crippen molar-refractivity contribution in [3.05, 3.63) is 0 Å². The Morgan fingerprint density at radius 1 is 1.12 bits per heavy atom. The minimum Gasteiger partial charge on any atom is -0.342 e. The van der Waals surface area contributed by atoms with Crippen molar-refractivity contribution in [1.82, 2.24) is 4.90 Å². The molecule has 6 heteroatoms. The van der Waals surface area contributed by atoms with Gasteiger partial charge in [-0.1, -0.05) is 0 Å². The Labute approximate surface area is 104 Å². The highest BCUT2D eigenvalue weighted by Gasteiger charge is 2.38. The Kier molecular flexibility index (Phi) is 7.68. The first-order chi connectivity index (χ1) is 7.96. The number of carbonyl (C=O) groups is 1. The topological polar surface area (TPSA) is 55.8 Å². The van der Waals surface area contributed by atoms with E-state index in [4.69, 9.17) is 9.05 Å². The van der Waals surface area contributed by atoms with Crippen LogP contribution in [0, 0.1) is 0 Å². The largest absolute Gasteiger partial charge is 0.342 e. The van der Waals surface area contributed by atoms with Crippen molar-refractivity contribution in [2.45, 2.75) is 40.3 Å². The predicted octanol–water partition coefficient (Wildman–Crippen LogP) is 2.51. The summed E-state index contributed by atoms with van der Waals surface area (Å²) >= 11 is 0. The molecule has 1 unspecified atom stereocenters. The molecular weight excluding hydrogens is 241 g/mol. The number of carbonyl (C=O) groups excluding carboxylic acids is 1. The molecule has 0 saturated carbocycles. The van der Waals surface area contributed by atoms with Crippen LogP contribution in [0.3, 0.4) is 0 Å². The predicted molar refractivity (Wildman–Crippen MR) is 68.2 cm³/mol. The van der Waals surface area contributed by atoms with Gasteiger partial charge >= 0.3 is 7.60 Å². The first kappa shape index (κ1) is 16.6. The third-order valence-corrected chi connectivity index (χ3v) is 4.93. The molecule has 1 atom stereocenters. The molecule has 0 rings (SSSR count). The molecule has 0 spiro atoms. The molecule has 0 fully saturated rings. The minimum atomic E-state index is -3.34. The first-order valence-corrected chi connectivity index (χ1v) is 7.75. The molecule has 0 N–H and O–H groups in total. The quantitative estimate of drug-likeness (QED) is 0.633. The van der Waals surface area contributed by atoms with E-state index in [1.54, 1.807) is 25.7 Å². The molecule has 0 saturated heterocycles. The molecule has 0 aliphatic heterocycles. The summed E-state index contributed by atoms with van der Waals surface area (Å²) in [6, 6.07) is 0. The Bertz CT molecular complexity index is 269. The van der Waals surface area contributed by atoms with E-state index in [0.717, 1.165) is 0 Å². The molecule has 0 aromatic rings. The van der Waals surface area contributed by atoms with E-state index in [1.165, 1.54) is 0 Å². The zero-order valence-corrected chi connectivity index (χ0v) is 12.3. The summed E-state index contributed by atoms with van der Waals surface area (Å²) in [6.07, 6.45) is 0. The second-order valence-electron chi connectivity index (χ2n) is 3.56. The van der Waals surface area contributed by atoms with Crippen LogP contribution in [-0.4, -0.2) is 42.8 Å². The second kappa shape index (κ2) is 7.85. The molecule has 0 heterocycles. The summed E-state index contributed by atoms with van der Waals surface area (Å²) in [5.41, 5.74) is -0.748. The van der Waals surface area contributed by atoms with E-state index in [0.29, 0.717) is 13.1 Å². The fraction of sp³-hybridized carbons (Fsp3) is 0.909. The molecule has 1 amide bonds. The van der Waals surface area contributed by atoms with Gasteiger partial charge in [0.25, 0.3) is 0 Å². The van der Waals surface area contributed by atoms with Crippen LogP contribution in [0.2, 0.25) is 0 Å². The lowest BCUT2D eigenvalue weighted by Crippen LogP contribution is -2.38. The van der Waals surface area contributed by atoms with Crippen LogP contribution in [0.15, 0.2) is 0 Å². The number of rotatable bonds is 8. The summed E-state index contributed by atoms with van der Waals surface area (Å²) in [4.78, 5) is 13.7. The zero-order chi connectivity index (χ0) is 13.5. The monoisotopic (exact) mass is 265 g/mol. The van der Waals surface area contributed by atoms with E-state index >= 15 is 0 Å². The number of amides is 1. The van der Waals surface area contributed by atoms with E-state index in [-0.39, 0.29) is 19.1 Å². The van der Waals surface area contributed by atoms with Crippen molar-refractivity contribution in [1.29, 1.82) is 0 Å². The van der Waals surface area contributed by atoms with Crippen molar-refractivity contribution in [3.8, 4) is 0 Å². The lowest BCUT2D eigenvalue weighted by atomic mass is 10.4. The SMILES string of the molecule is CCOP(=O)(OCC)C(C)C(=O)N(CC)CC. The van der Waals surface area contributed by atoms with Crippen LogP contribution in [0.5, 0.6) is 0 Å². The molecule has 5 nitrogen and oxygen atoms in total. The highest BCUT2D eigenvalue weighted by atomic mass is 31.2. The normalized spacial score (nSPS) is 13.5.